The fourth-order valence-electron chi connectivity index (χ4n) is 5.22. The second-order valence-electron chi connectivity index (χ2n) is 8.94. The first-order valence-corrected chi connectivity index (χ1v) is 11.5. The van der Waals surface area contributed by atoms with Gasteiger partial charge in [0.1, 0.15) is 5.82 Å². The first-order valence-electron chi connectivity index (χ1n) is 11.5. The van der Waals surface area contributed by atoms with Gasteiger partial charge in [-0.05, 0) is 67.5 Å². The van der Waals surface area contributed by atoms with Gasteiger partial charge in [-0.1, -0.05) is 24.6 Å². The molecule has 5 heteroatoms. The van der Waals surface area contributed by atoms with Crippen molar-refractivity contribution in [3.63, 3.8) is 0 Å². The molecular weight excluding hydrogens is 389 g/mol. The molecule has 0 unspecified atom stereocenters. The van der Waals surface area contributed by atoms with E-state index in [4.69, 9.17) is 0 Å². The second kappa shape index (κ2) is 8.46. The summed E-state index contributed by atoms with van der Waals surface area (Å²) in [6, 6.07) is 13.2. The van der Waals surface area contributed by atoms with Crippen molar-refractivity contribution >= 4 is 22.5 Å². The summed E-state index contributed by atoms with van der Waals surface area (Å²) in [6.45, 7) is 2.81. The molecule has 2 aliphatic rings. The molecule has 2 aromatic carbocycles. The predicted molar refractivity (Wildman–Crippen MR) is 123 cm³/mol. The van der Waals surface area contributed by atoms with E-state index in [9.17, 15) is 9.18 Å². The number of amides is 1. The summed E-state index contributed by atoms with van der Waals surface area (Å²) in [5.74, 6) is -0.0559. The number of piperazine rings is 1. The van der Waals surface area contributed by atoms with Crippen molar-refractivity contribution in [2.45, 2.75) is 38.5 Å². The van der Waals surface area contributed by atoms with E-state index in [1.807, 2.05) is 17.0 Å². The fourth-order valence-corrected chi connectivity index (χ4v) is 5.22. The third-order valence-corrected chi connectivity index (χ3v) is 7.00. The Labute approximate surface area is 183 Å². The summed E-state index contributed by atoms with van der Waals surface area (Å²) < 4.78 is 15.4. The fraction of sp³-hybridized carbons (Fsp3) is 0.423. The highest BCUT2D eigenvalue weighted by Crippen LogP contribution is 2.33. The number of hydrogen-bond acceptors (Lipinski definition) is 2. The van der Waals surface area contributed by atoms with Crippen molar-refractivity contribution in [3.05, 3.63) is 65.1 Å². The maximum absolute atomic E-state index is 13.1. The molecule has 1 aromatic heterocycles. The number of fused-ring (bicyclic) bond motifs is 3. The van der Waals surface area contributed by atoms with Gasteiger partial charge in [-0.15, -0.1) is 0 Å². The molecule has 0 atom stereocenters. The van der Waals surface area contributed by atoms with Crippen LogP contribution in [0, 0.1) is 5.82 Å². The number of carbonyl (C=O) groups is 1. The molecule has 1 saturated heterocycles. The minimum Gasteiger partial charge on any atom is -0.347 e. The molecule has 31 heavy (non-hydrogen) atoms. The van der Waals surface area contributed by atoms with Gasteiger partial charge >= 0.3 is 0 Å². The molecule has 0 saturated carbocycles. The molecule has 0 bridgehead atoms. The molecule has 162 valence electrons. The molecule has 2 heterocycles. The number of aryl methyl sites for hydroxylation is 2. The molecule has 0 spiro atoms. The van der Waals surface area contributed by atoms with Crippen molar-refractivity contribution in [2.24, 2.45) is 7.05 Å². The van der Waals surface area contributed by atoms with Gasteiger partial charge in [0.15, 0.2) is 0 Å². The minimum atomic E-state index is -0.209. The van der Waals surface area contributed by atoms with Crippen molar-refractivity contribution in [1.29, 1.82) is 0 Å². The Bertz CT molecular complexity index is 1100. The van der Waals surface area contributed by atoms with Gasteiger partial charge in [0.05, 0.1) is 12.1 Å². The lowest BCUT2D eigenvalue weighted by Gasteiger charge is -2.34. The molecule has 4 nitrogen and oxygen atoms in total. The average molecular weight is 420 g/mol. The topological polar surface area (TPSA) is 28.5 Å². The highest BCUT2D eigenvalue weighted by molar-refractivity contribution is 5.98. The number of rotatable bonds is 4. The third kappa shape index (κ3) is 3.99. The molecule has 1 fully saturated rings. The van der Waals surface area contributed by atoms with Crippen LogP contribution in [0.2, 0.25) is 0 Å². The van der Waals surface area contributed by atoms with Gasteiger partial charge in [-0.25, -0.2) is 4.39 Å². The summed E-state index contributed by atoms with van der Waals surface area (Å²) in [4.78, 5) is 17.1. The standard InChI is InChI=1S/C26H30FN3O/c1-28-24-6-4-2-3-5-22(24)23-12-11-21(17-25(23)28)30-16-15-29(18-26(30)31)14-13-19-7-9-20(27)10-8-19/h7-12,17H,2-6,13-16,18H2,1H3. The van der Waals surface area contributed by atoms with E-state index < -0.39 is 0 Å². The lowest BCUT2D eigenvalue weighted by molar-refractivity contribution is -0.121. The SMILES string of the molecule is Cn1c2c(c3ccc(N4CCN(CCc5ccc(F)cc5)CC4=O)cc31)CCCCC2. The maximum atomic E-state index is 13.1. The maximum Gasteiger partial charge on any atom is 0.241 e. The number of aromatic nitrogens is 1. The largest absolute Gasteiger partial charge is 0.347 e. The number of halogens is 1. The molecule has 0 radical (unpaired) electrons. The van der Waals surface area contributed by atoms with Gasteiger partial charge < -0.3 is 9.47 Å². The number of nitrogens with zero attached hydrogens (tertiary/aromatic N) is 3. The lowest BCUT2D eigenvalue weighted by atomic mass is 10.1. The first-order chi connectivity index (χ1) is 15.1. The highest BCUT2D eigenvalue weighted by atomic mass is 19.1. The minimum absolute atomic E-state index is 0.153. The summed E-state index contributed by atoms with van der Waals surface area (Å²) in [6.07, 6.45) is 7.00. The zero-order valence-corrected chi connectivity index (χ0v) is 18.2. The Morgan fingerprint density at radius 1 is 0.968 bits per heavy atom. The van der Waals surface area contributed by atoms with Gasteiger partial charge in [-0.2, -0.15) is 0 Å². The molecule has 3 aromatic rings. The van der Waals surface area contributed by atoms with E-state index in [0.29, 0.717) is 13.1 Å². The van der Waals surface area contributed by atoms with E-state index in [2.05, 4.69) is 34.7 Å². The Hall–Kier alpha value is -2.66. The Morgan fingerprint density at radius 3 is 2.58 bits per heavy atom. The van der Waals surface area contributed by atoms with Crippen LogP contribution in [0.1, 0.15) is 36.1 Å². The normalized spacial score (nSPS) is 17.7. The van der Waals surface area contributed by atoms with E-state index in [-0.39, 0.29) is 11.7 Å². The number of carbonyl (C=O) groups excluding carboxylic acids is 1. The zero-order chi connectivity index (χ0) is 21.4. The van der Waals surface area contributed by atoms with Crippen LogP contribution in [-0.4, -0.2) is 41.6 Å². The number of anilines is 1. The van der Waals surface area contributed by atoms with Crippen LogP contribution in [0.15, 0.2) is 42.5 Å². The molecule has 1 aliphatic heterocycles. The van der Waals surface area contributed by atoms with Crippen molar-refractivity contribution in [1.82, 2.24) is 9.47 Å². The summed E-state index contributed by atoms with van der Waals surface area (Å²) in [7, 11) is 2.17. The summed E-state index contributed by atoms with van der Waals surface area (Å²) >= 11 is 0. The second-order valence-corrected chi connectivity index (χ2v) is 8.94. The van der Waals surface area contributed by atoms with Gasteiger partial charge in [0.25, 0.3) is 0 Å². The van der Waals surface area contributed by atoms with E-state index >= 15 is 0 Å². The van der Waals surface area contributed by atoms with Gasteiger partial charge in [0.2, 0.25) is 5.91 Å². The van der Waals surface area contributed by atoms with Gasteiger partial charge in [0, 0.05) is 43.4 Å². The molecule has 1 amide bonds. The third-order valence-electron chi connectivity index (χ3n) is 7.00. The number of benzene rings is 2. The van der Waals surface area contributed by atoms with E-state index in [1.54, 1.807) is 0 Å². The summed E-state index contributed by atoms with van der Waals surface area (Å²) in [5.41, 5.74) is 6.34. The first kappa shape index (κ1) is 20.3. The van der Waals surface area contributed by atoms with Gasteiger partial charge in [-0.3, -0.25) is 9.69 Å². The monoisotopic (exact) mass is 419 g/mol. The average Bonchev–Trinajstić information content (AvgIpc) is 2.93. The van der Waals surface area contributed by atoms with Crippen LogP contribution in [0.3, 0.4) is 0 Å². The lowest BCUT2D eigenvalue weighted by Crippen LogP contribution is -2.50. The summed E-state index contributed by atoms with van der Waals surface area (Å²) in [5, 5.41) is 1.36. The van der Waals surface area contributed by atoms with Crippen LogP contribution in [0.5, 0.6) is 0 Å². The smallest absolute Gasteiger partial charge is 0.241 e. The van der Waals surface area contributed by atoms with Crippen LogP contribution in [0.25, 0.3) is 10.9 Å². The van der Waals surface area contributed by atoms with E-state index in [0.717, 1.165) is 43.6 Å². The Balaban J connectivity index is 1.29. The highest BCUT2D eigenvalue weighted by Gasteiger charge is 2.26. The van der Waals surface area contributed by atoms with E-state index in [1.165, 1.54) is 53.6 Å². The Morgan fingerprint density at radius 2 is 1.77 bits per heavy atom. The van der Waals surface area contributed by atoms with Crippen LogP contribution in [0.4, 0.5) is 10.1 Å². The Kier molecular flexibility index (Phi) is 5.53. The van der Waals surface area contributed by atoms with Crippen LogP contribution >= 0.6 is 0 Å². The predicted octanol–water partition coefficient (Wildman–Crippen LogP) is 4.48. The zero-order valence-electron chi connectivity index (χ0n) is 18.2. The molecular formula is C26H30FN3O. The number of hydrogen-bond donors (Lipinski definition) is 0. The van der Waals surface area contributed by atoms with Crippen LogP contribution in [-0.2, 0) is 31.1 Å². The molecule has 0 N–H and O–H groups in total. The quantitative estimate of drug-likeness (QED) is 0.584. The molecule has 5 rings (SSSR count). The molecule has 1 aliphatic carbocycles. The van der Waals surface area contributed by atoms with Crippen molar-refractivity contribution < 1.29 is 9.18 Å². The van der Waals surface area contributed by atoms with Crippen molar-refractivity contribution in [2.75, 3.05) is 31.1 Å². The van der Waals surface area contributed by atoms with Crippen LogP contribution < -0.4 is 4.90 Å². The van der Waals surface area contributed by atoms with Crippen molar-refractivity contribution in [3.8, 4) is 0 Å².